The van der Waals surface area contributed by atoms with Crippen LogP contribution in [-0.4, -0.2) is 54.6 Å². The number of aliphatic carboxylic acids is 1. The second-order valence-corrected chi connectivity index (χ2v) is 6.79. The fourth-order valence-corrected chi connectivity index (χ4v) is 4.75. The van der Waals surface area contributed by atoms with E-state index in [2.05, 4.69) is 5.32 Å². The Hall–Kier alpha value is -1.15. The quantitative estimate of drug-likeness (QED) is 0.688. The largest absolute Gasteiger partial charge is 0.481 e. The van der Waals surface area contributed by atoms with Gasteiger partial charge >= 0.3 is 5.97 Å². The molecule has 1 saturated carbocycles. The zero-order valence-corrected chi connectivity index (χ0v) is 10.6. The fraction of sp³-hybridized carbons (Fsp3) is 0.800. The van der Waals surface area contributed by atoms with Crippen molar-refractivity contribution in [2.75, 3.05) is 19.6 Å². The smallest absolute Gasteiger partial charge is 0.307 e. The Kier molecular flexibility index (Phi) is 3.58. The van der Waals surface area contributed by atoms with E-state index in [1.807, 2.05) is 0 Å². The maximum atomic E-state index is 12.3. The highest BCUT2D eigenvalue weighted by Crippen LogP contribution is 2.33. The molecule has 7 nitrogen and oxygen atoms in total. The number of hydrogen-bond acceptors (Lipinski definition) is 4. The van der Waals surface area contributed by atoms with Gasteiger partial charge in [-0.3, -0.25) is 9.59 Å². The number of carboxylic acids is 1. The SMILES string of the molecule is O=C1CN(S(=O)(=O)C2CCCC2C(=O)O)CCN1. The minimum absolute atomic E-state index is 0.203. The number of sulfonamides is 1. The monoisotopic (exact) mass is 276 g/mol. The summed E-state index contributed by atoms with van der Waals surface area (Å²) in [6.45, 7) is 0.296. The maximum absolute atomic E-state index is 12.3. The van der Waals surface area contributed by atoms with Gasteiger partial charge in [0, 0.05) is 13.1 Å². The van der Waals surface area contributed by atoms with Crippen molar-refractivity contribution in [3.63, 3.8) is 0 Å². The van der Waals surface area contributed by atoms with Gasteiger partial charge in [0.2, 0.25) is 15.9 Å². The van der Waals surface area contributed by atoms with Gasteiger partial charge in [0.25, 0.3) is 0 Å². The van der Waals surface area contributed by atoms with Gasteiger partial charge in [0.05, 0.1) is 17.7 Å². The molecule has 1 amide bonds. The van der Waals surface area contributed by atoms with E-state index in [1.165, 1.54) is 0 Å². The molecule has 0 aromatic rings. The van der Waals surface area contributed by atoms with Crippen LogP contribution in [0.3, 0.4) is 0 Å². The average molecular weight is 276 g/mol. The Morgan fingerprint density at radius 2 is 2.11 bits per heavy atom. The molecular weight excluding hydrogens is 260 g/mol. The highest BCUT2D eigenvalue weighted by atomic mass is 32.2. The minimum atomic E-state index is -3.70. The number of nitrogens with zero attached hydrogens (tertiary/aromatic N) is 1. The van der Waals surface area contributed by atoms with Crippen LogP contribution >= 0.6 is 0 Å². The lowest BCUT2D eigenvalue weighted by Crippen LogP contribution is -2.53. The third-order valence-corrected chi connectivity index (χ3v) is 5.88. The molecule has 2 atom stereocenters. The molecule has 2 aliphatic rings. The molecule has 1 saturated heterocycles. The van der Waals surface area contributed by atoms with Gasteiger partial charge in [0.1, 0.15) is 0 Å². The summed E-state index contributed by atoms with van der Waals surface area (Å²) in [5.74, 6) is -2.25. The molecule has 0 aromatic carbocycles. The number of carboxylic acid groups (broad SMARTS) is 1. The fourth-order valence-electron chi connectivity index (χ4n) is 2.59. The van der Waals surface area contributed by atoms with Gasteiger partial charge in [0.15, 0.2) is 0 Å². The predicted octanol–water partition coefficient (Wildman–Crippen LogP) is -0.999. The number of carbonyl (C=O) groups is 2. The van der Waals surface area contributed by atoms with Crippen molar-refractivity contribution >= 4 is 21.9 Å². The van der Waals surface area contributed by atoms with Crippen molar-refractivity contribution in [1.29, 1.82) is 0 Å². The molecule has 102 valence electrons. The molecule has 2 N–H and O–H groups in total. The molecule has 18 heavy (non-hydrogen) atoms. The van der Waals surface area contributed by atoms with E-state index < -0.39 is 27.2 Å². The van der Waals surface area contributed by atoms with Crippen molar-refractivity contribution in [2.24, 2.45) is 5.92 Å². The van der Waals surface area contributed by atoms with Gasteiger partial charge in [-0.05, 0) is 12.8 Å². The summed E-state index contributed by atoms with van der Waals surface area (Å²) >= 11 is 0. The van der Waals surface area contributed by atoms with Crippen LogP contribution in [0.2, 0.25) is 0 Å². The molecule has 8 heteroatoms. The van der Waals surface area contributed by atoms with Crippen LogP contribution in [0.4, 0.5) is 0 Å². The molecule has 2 rings (SSSR count). The van der Waals surface area contributed by atoms with E-state index in [-0.39, 0.29) is 25.5 Å². The van der Waals surface area contributed by atoms with Crippen LogP contribution in [0.1, 0.15) is 19.3 Å². The van der Waals surface area contributed by atoms with Gasteiger partial charge in [-0.15, -0.1) is 0 Å². The maximum Gasteiger partial charge on any atom is 0.307 e. The topological polar surface area (TPSA) is 104 Å². The zero-order valence-electron chi connectivity index (χ0n) is 9.83. The Morgan fingerprint density at radius 3 is 2.72 bits per heavy atom. The van der Waals surface area contributed by atoms with E-state index in [0.717, 1.165) is 4.31 Å². The summed E-state index contributed by atoms with van der Waals surface area (Å²) in [5, 5.41) is 10.7. The molecule has 0 aromatic heterocycles. The lowest BCUT2D eigenvalue weighted by atomic mass is 10.1. The van der Waals surface area contributed by atoms with Crippen LogP contribution < -0.4 is 5.32 Å². The lowest BCUT2D eigenvalue weighted by Gasteiger charge is -2.29. The third-order valence-electron chi connectivity index (χ3n) is 3.52. The minimum Gasteiger partial charge on any atom is -0.481 e. The number of nitrogens with one attached hydrogen (secondary N) is 1. The number of carbonyl (C=O) groups excluding carboxylic acids is 1. The van der Waals surface area contributed by atoms with Crippen molar-refractivity contribution in [1.82, 2.24) is 9.62 Å². The first-order valence-electron chi connectivity index (χ1n) is 5.91. The zero-order chi connectivity index (χ0) is 13.3. The molecule has 2 fully saturated rings. The molecule has 1 aliphatic heterocycles. The van der Waals surface area contributed by atoms with Crippen LogP contribution in [0.15, 0.2) is 0 Å². The van der Waals surface area contributed by atoms with E-state index in [0.29, 0.717) is 19.3 Å². The second kappa shape index (κ2) is 4.85. The van der Waals surface area contributed by atoms with Crippen molar-refractivity contribution in [3.8, 4) is 0 Å². The van der Waals surface area contributed by atoms with E-state index in [9.17, 15) is 18.0 Å². The van der Waals surface area contributed by atoms with Gasteiger partial charge in [-0.25, -0.2) is 8.42 Å². The summed E-state index contributed by atoms with van der Waals surface area (Å²) in [6, 6.07) is 0. The van der Waals surface area contributed by atoms with Gasteiger partial charge in [-0.1, -0.05) is 6.42 Å². The molecule has 0 spiro atoms. The van der Waals surface area contributed by atoms with Crippen molar-refractivity contribution < 1.29 is 23.1 Å². The number of hydrogen-bond donors (Lipinski definition) is 2. The summed E-state index contributed by atoms with van der Waals surface area (Å²) in [6.07, 6.45) is 1.34. The first-order valence-corrected chi connectivity index (χ1v) is 7.41. The normalized spacial score (nSPS) is 30.1. The van der Waals surface area contributed by atoms with E-state index in [1.54, 1.807) is 0 Å². The molecule has 2 unspecified atom stereocenters. The Bertz CT molecular complexity index is 461. The molecular formula is C10H16N2O5S. The van der Waals surface area contributed by atoms with Crippen molar-refractivity contribution in [2.45, 2.75) is 24.5 Å². The molecule has 1 aliphatic carbocycles. The number of rotatable bonds is 3. The van der Waals surface area contributed by atoms with Crippen molar-refractivity contribution in [3.05, 3.63) is 0 Å². The summed E-state index contributed by atoms with van der Waals surface area (Å²) in [5.41, 5.74) is 0. The number of piperazine rings is 1. The highest BCUT2D eigenvalue weighted by molar-refractivity contribution is 7.89. The van der Waals surface area contributed by atoms with E-state index in [4.69, 9.17) is 5.11 Å². The van der Waals surface area contributed by atoms with Gasteiger partial charge < -0.3 is 10.4 Å². The standard InChI is InChI=1S/C10H16N2O5S/c13-9-6-12(5-4-11-9)18(16,17)8-3-1-2-7(8)10(14)15/h7-8H,1-6H2,(H,11,13)(H,14,15). The van der Waals surface area contributed by atoms with Crippen LogP contribution in [-0.2, 0) is 19.6 Å². The Labute approximate surface area is 105 Å². The predicted molar refractivity (Wildman–Crippen MR) is 62.3 cm³/mol. The molecule has 1 heterocycles. The summed E-state index contributed by atoms with van der Waals surface area (Å²) < 4.78 is 25.8. The third kappa shape index (κ3) is 2.35. The van der Waals surface area contributed by atoms with Crippen LogP contribution in [0.25, 0.3) is 0 Å². The highest BCUT2D eigenvalue weighted by Gasteiger charge is 2.45. The summed E-state index contributed by atoms with van der Waals surface area (Å²) in [4.78, 5) is 22.3. The Morgan fingerprint density at radius 1 is 1.39 bits per heavy atom. The van der Waals surface area contributed by atoms with Crippen LogP contribution in [0.5, 0.6) is 0 Å². The first kappa shape index (κ1) is 13.3. The van der Waals surface area contributed by atoms with Gasteiger partial charge in [-0.2, -0.15) is 4.31 Å². The first-order chi connectivity index (χ1) is 8.43. The second-order valence-electron chi connectivity index (χ2n) is 4.64. The Balaban J connectivity index is 2.19. The molecule has 0 bridgehead atoms. The van der Waals surface area contributed by atoms with E-state index >= 15 is 0 Å². The number of amides is 1. The van der Waals surface area contributed by atoms with Crippen LogP contribution in [0, 0.1) is 5.92 Å². The summed E-state index contributed by atoms with van der Waals surface area (Å²) in [7, 11) is -3.70. The molecule has 0 radical (unpaired) electrons. The lowest BCUT2D eigenvalue weighted by molar-refractivity contribution is -0.141. The average Bonchev–Trinajstić information content (AvgIpc) is 2.78.